The lowest BCUT2D eigenvalue weighted by Gasteiger charge is -2.36. The van der Waals surface area contributed by atoms with Crippen LogP contribution in [0.5, 0.6) is 0 Å². The van der Waals surface area contributed by atoms with Gasteiger partial charge in [-0.05, 0) is 31.1 Å². The fourth-order valence-electron chi connectivity index (χ4n) is 2.48. The molecule has 0 aromatic carbocycles. The molecule has 1 aliphatic carbocycles. The molecule has 0 radical (unpaired) electrons. The number of carboxylic acid groups (broad SMARTS) is 1. The van der Waals surface area contributed by atoms with Crippen molar-refractivity contribution in [3.8, 4) is 0 Å². The first-order valence-electron chi connectivity index (χ1n) is 5.46. The topological polar surface area (TPSA) is 57.5 Å². The minimum absolute atomic E-state index is 0.0613. The van der Waals surface area contributed by atoms with Crippen LogP contribution in [-0.2, 0) is 4.79 Å². The fourth-order valence-corrected chi connectivity index (χ4v) is 2.48. The summed E-state index contributed by atoms with van der Waals surface area (Å²) < 4.78 is 0. The van der Waals surface area contributed by atoms with Crippen molar-refractivity contribution in [3.05, 3.63) is 0 Å². The zero-order valence-corrected chi connectivity index (χ0v) is 8.99. The Morgan fingerprint density at radius 3 is 2.57 bits per heavy atom. The Morgan fingerprint density at radius 2 is 2.14 bits per heavy atom. The molecule has 2 N–H and O–H groups in total. The number of carboxylic acids is 1. The van der Waals surface area contributed by atoms with Gasteiger partial charge in [-0.3, -0.25) is 0 Å². The lowest BCUT2D eigenvalue weighted by Crippen LogP contribution is -2.46. The number of carbonyl (C=O) groups is 1. The Hall–Kier alpha value is -0.570. The molecular formula is C11H20O3. The Balaban J connectivity index is 2.73. The van der Waals surface area contributed by atoms with Crippen LogP contribution in [0.2, 0.25) is 0 Å². The van der Waals surface area contributed by atoms with Gasteiger partial charge in [0.1, 0.15) is 0 Å². The van der Waals surface area contributed by atoms with Crippen LogP contribution >= 0.6 is 0 Å². The summed E-state index contributed by atoms with van der Waals surface area (Å²) in [5, 5.41) is 19.1. The van der Waals surface area contributed by atoms with Gasteiger partial charge in [-0.2, -0.15) is 0 Å². The van der Waals surface area contributed by atoms with Gasteiger partial charge >= 0.3 is 5.97 Å². The zero-order chi connectivity index (χ0) is 10.8. The molecule has 0 saturated heterocycles. The van der Waals surface area contributed by atoms with Crippen molar-refractivity contribution in [2.45, 2.75) is 51.6 Å². The molecule has 3 unspecified atom stereocenters. The summed E-state index contributed by atoms with van der Waals surface area (Å²) in [6, 6.07) is 0. The van der Waals surface area contributed by atoms with Gasteiger partial charge in [-0.15, -0.1) is 0 Å². The zero-order valence-electron chi connectivity index (χ0n) is 8.99. The van der Waals surface area contributed by atoms with Crippen molar-refractivity contribution in [2.75, 3.05) is 0 Å². The number of hydrogen-bond donors (Lipinski definition) is 2. The molecule has 3 heteroatoms. The molecule has 1 rings (SSSR count). The molecule has 0 bridgehead atoms. The molecule has 0 aliphatic heterocycles. The number of hydrogen-bond acceptors (Lipinski definition) is 2. The summed E-state index contributed by atoms with van der Waals surface area (Å²) in [7, 11) is 0. The predicted molar refractivity (Wildman–Crippen MR) is 54.0 cm³/mol. The average Bonchev–Trinajstić information content (AvgIpc) is 2.16. The fraction of sp³-hybridized carbons (Fsp3) is 0.909. The molecular weight excluding hydrogens is 180 g/mol. The van der Waals surface area contributed by atoms with E-state index in [9.17, 15) is 9.90 Å². The second kappa shape index (κ2) is 4.30. The van der Waals surface area contributed by atoms with E-state index in [4.69, 9.17) is 5.11 Å². The Morgan fingerprint density at radius 1 is 1.50 bits per heavy atom. The van der Waals surface area contributed by atoms with Crippen molar-refractivity contribution in [3.63, 3.8) is 0 Å². The van der Waals surface area contributed by atoms with Crippen LogP contribution in [0, 0.1) is 11.8 Å². The van der Waals surface area contributed by atoms with Crippen molar-refractivity contribution in [1.29, 1.82) is 0 Å². The molecule has 14 heavy (non-hydrogen) atoms. The Bertz CT molecular complexity index is 215. The average molecular weight is 200 g/mol. The van der Waals surface area contributed by atoms with E-state index in [1.165, 1.54) is 0 Å². The highest BCUT2D eigenvalue weighted by Crippen LogP contribution is 2.37. The highest BCUT2D eigenvalue weighted by Gasteiger charge is 2.43. The maximum Gasteiger partial charge on any atom is 0.335 e. The summed E-state index contributed by atoms with van der Waals surface area (Å²) in [6.45, 7) is 3.87. The monoisotopic (exact) mass is 200 g/mol. The molecule has 3 nitrogen and oxygen atoms in total. The van der Waals surface area contributed by atoms with Crippen LogP contribution in [0.25, 0.3) is 0 Å². The lowest BCUT2D eigenvalue weighted by atomic mass is 9.72. The summed E-state index contributed by atoms with van der Waals surface area (Å²) in [5.41, 5.74) is -1.49. The third kappa shape index (κ3) is 2.08. The van der Waals surface area contributed by atoms with E-state index in [-0.39, 0.29) is 5.92 Å². The quantitative estimate of drug-likeness (QED) is 0.733. The van der Waals surface area contributed by atoms with Crippen LogP contribution in [0.3, 0.4) is 0 Å². The van der Waals surface area contributed by atoms with E-state index in [0.29, 0.717) is 12.3 Å². The van der Waals surface area contributed by atoms with Crippen LogP contribution in [0.1, 0.15) is 46.0 Å². The Kier molecular flexibility index (Phi) is 3.53. The molecule has 0 aromatic heterocycles. The first kappa shape index (κ1) is 11.5. The largest absolute Gasteiger partial charge is 0.479 e. The van der Waals surface area contributed by atoms with Crippen molar-refractivity contribution in [2.24, 2.45) is 11.8 Å². The predicted octanol–water partition coefficient (Wildman–Crippen LogP) is 2.04. The van der Waals surface area contributed by atoms with E-state index >= 15 is 0 Å². The van der Waals surface area contributed by atoms with Gasteiger partial charge in [0.05, 0.1) is 0 Å². The minimum atomic E-state index is -1.49. The second-order valence-corrected chi connectivity index (χ2v) is 4.55. The van der Waals surface area contributed by atoms with Gasteiger partial charge in [-0.1, -0.05) is 26.7 Å². The maximum atomic E-state index is 11.0. The molecule has 1 fully saturated rings. The normalized spacial score (nSPS) is 32.2. The van der Waals surface area contributed by atoms with Crippen molar-refractivity contribution >= 4 is 5.97 Å². The van der Waals surface area contributed by atoms with E-state index in [2.05, 4.69) is 6.92 Å². The smallest absolute Gasteiger partial charge is 0.335 e. The highest BCUT2D eigenvalue weighted by atomic mass is 16.4. The van der Waals surface area contributed by atoms with E-state index in [0.717, 1.165) is 25.7 Å². The first-order chi connectivity index (χ1) is 6.50. The number of rotatable bonds is 3. The van der Waals surface area contributed by atoms with Gasteiger partial charge in [-0.25, -0.2) is 4.79 Å². The van der Waals surface area contributed by atoms with Crippen LogP contribution in [-0.4, -0.2) is 21.8 Å². The molecule has 1 saturated carbocycles. The standard InChI is InChI=1S/C11H20O3/c1-3-11(14,10(12)13)9-6-4-5-8(2)7-9/h8-9,14H,3-7H2,1-2H3,(H,12,13). The molecule has 0 aromatic rings. The second-order valence-electron chi connectivity index (χ2n) is 4.55. The van der Waals surface area contributed by atoms with E-state index < -0.39 is 11.6 Å². The van der Waals surface area contributed by atoms with E-state index in [1.807, 2.05) is 0 Å². The maximum absolute atomic E-state index is 11.0. The van der Waals surface area contributed by atoms with Crippen LogP contribution in [0.4, 0.5) is 0 Å². The summed E-state index contributed by atoms with van der Waals surface area (Å²) >= 11 is 0. The number of aliphatic hydroxyl groups is 1. The van der Waals surface area contributed by atoms with Crippen LogP contribution in [0.15, 0.2) is 0 Å². The van der Waals surface area contributed by atoms with Gasteiger partial charge < -0.3 is 10.2 Å². The minimum Gasteiger partial charge on any atom is -0.479 e. The molecule has 3 atom stereocenters. The SMILES string of the molecule is CCC(O)(C(=O)O)C1CCCC(C)C1. The molecule has 0 spiro atoms. The highest BCUT2D eigenvalue weighted by molar-refractivity contribution is 5.77. The van der Waals surface area contributed by atoms with E-state index in [1.54, 1.807) is 6.92 Å². The number of aliphatic carboxylic acids is 1. The third-order valence-electron chi connectivity index (χ3n) is 3.52. The molecule has 82 valence electrons. The Labute approximate surface area is 85.1 Å². The first-order valence-corrected chi connectivity index (χ1v) is 5.46. The van der Waals surface area contributed by atoms with Gasteiger partial charge in [0.15, 0.2) is 5.60 Å². The van der Waals surface area contributed by atoms with Crippen molar-refractivity contribution < 1.29 is 15.0 Å². The van der Waals surface area contributed by atoms with Crippen LogP contribution < -0.4 is 0 Å². The summed E-state index contributed by atoms with van der Waals surface area (Å²) in [6.07, 6.45) is 4.20. The summed E-state index contributed by atoms with van der Waals surface area (Å²) in [4.78, 5) is 11.0. The lowest BCUT2D eigenvalue weighted by molar-refractivity contribution is -0.167. The summed E-state index contributed by atoms with van der Waals surface area (Å²) in [5.74, 6) is -0.570. The van der Waals surface area contributed by atoms with Gasteiger partial charge in [0, 0.05) is 0 Å². The van der Waals surface area contributed by atoms with Crippen molar-refractivity contribution in [1.82, 2.24) is 0 Å². The third-order valence-corrected chi connectivity index (χ3v) is 3.52. The van der Waals surface area contributed by atoms with Gasteiger partial charge in [0.25, 0.3) is 0 Å². The molecule has 0 amide bonds. The molecule has 1 aliphatic rings. The molecule has 0 heterocycles. The van der Waals surface area contributed by atoms with Gasteiger partial charge in [0.2, 0.25) is 0 Å².